The van der Waals surface area contributed by atoms with Gasteiger partial charge in [0.05, 0.1) is 17.4 Å². The third-order valence-corrected chi connectivity index (χ3v) is 7.68. The predicted molar refractivity (Wildman–Crippen MR) is 143 cm³/mol. The van der Waals surface area contributed by atoms with E-state index in [2.05, 4.69) is 25.5 Å². The van der Waals surface area contributed by atoms with Crippen LogP contribution in [0.2, 0.25) is 0 Å². The Morgan fingerprint density at radius 3 is 2.40 bits per heavy atom. The van der Waals surface area contributed by atoms with Crippen molar-refractivity contribution in [2.75, 3.05) is 30.8 Å². The predicted octanol–water partition coefficient (Wildman–Crippen LogP) is 4.84. The lowest BCUT2D eigenvalue weighted by Gasteiger charge is -2.19. The largest absolute Gasteiger partial charge is 0.421 e. The average molecular weight is 577 g/mol. The number of nitrogens with one attached hydrogen (secondary N) is 2. The van der Waals surface area contributed by atoms with Gasteiger partial charge >= 0.3 is 13.8 Å². The zero-order valence-electron chi connectivity index (χ0n) is 21.6. The van der Waals surface area contributed by atoms with Crippen LogP contribution in [-0.4, -0.2) is 55.6 Å². The molecule has 4 N–H and O–H groups in total. The minimum atomic E-state index is -4.76. The van der Waals surface area contributed by atoms with E-state index in [0.717, 1.165) is 37.1 Å². The molecule has 5 rings (SSSR count). The second-order valence-electron chi connectivity index (χ2n) is 9.99. The summed E-state index contributed by atoms with van der Waals surface area (Å²) >= 11 is 0. The van der Waals surface area contributed by atoms with Crippen molar-refractivity contribution in [1.29, 1.82) is 0 Å². The van der Waals surface area contributed by atoms with Crippen LogP contribution in [-0.2, 0) is 30.0 Å². The number of carbonyl (C=O) groups is 1. The summed E-state index contributed by atoms with van der Waals surface area (Å²) in [6, 6.07) is 9.47. The number of nitrogens with zero attached hydrogens (tertiary/aromatic N) is 4. The van der Waals surface area contributed by atoms with E-state index >= 15 is 0 Å². The fraction of sp³-hybridized carbons (Fsp3) is 0.346. The highest BCUT2D eigenvalue weighted by molar-refractivity contribution is 7.50. The molecular weight excluding hydrogens is 548 g/mol. The summed E-state index contributed by atoms with van der Waals surface area (Å²) in [6.07, 6.45) is -2.31. The van der Waals surface area contributed by atoms with Crippen LogP contribution in [0.25, 0.3) is 0 Å². The summed E-state index contributed by atoms with van der Waals surface area (Å²) in [6.45, 7) is 2.98. The Morgan fingerprint density at radius 1 is 1.05 bits per heavy atom. The number of fused-ring (bicyclic) bond motifs is 1. The maximum atomic E-state index is 13.9. The van der Waals surface area contributed by atoms with Gasteiger partial charge in [0.25, 0.3) is 5.91 Å². The molecule has 14 heteroatoms. The molecule has 40 heavy (non-hydrogen) atoms. The van der Waals surface area contributed by atoms with E-state index in [-0.39, 0.29) is 17.5 Å². The summed E-state index contributed by atoms with van der Waals surface area (Å²) in [5.41, 5.74) is 2.04. The molecule has 1 aromatic heterocycles. The minimum Gasteiger partial charge on any atom is -0.339 e. The molecule has 1 amide bonds. The Kier molecular flexibility index (Phi) is 7.58. The van der Waals surface area contributed by atoms with Crippen LogP contribution >= 0.6 is 7.60 Å². The van der Waals surface area contributed by atoms with E-state index in [4.69, 9.17) is 9.79 Å². The van der Waals surface area contributed by atoms with Gasteiger partial charge in [-0.2, -0.15) is 18.2 Å². The van der Waals surface area contributed by atoms with Gasteiger partial charge in [0.2, 0.25) is 5.95 Å². The molecular formula is C26H28F3N6O4P. The van der Waals surface area contributed by atoms with E-state index in [1.54, 1.807) is 13.1 Å². The first kappa shape index (κ1) is 28.0. The highest BCUT2D eigenvalue weighted by atomic mass is 31.2. The Labute approximate surface area is 228 Å². The van der Waals surface area contributed by atoms with Crippen molar-refractivity contribution >= 4 is 36.6 Å². The monoisotopic (exact) mass is 576 g/mol. The fourth-order valence-electron chi connectivity index (χ4n) is 4.98. The second kappa shape index (κ2) is 10.8. The summed E-state index contributed by atoms with van der Waals surface area (Å²) in [4.78, 5) is 43.1. The molecule has 0 spiro atoms. The summed E-state index contributed by atoms with van der Waals surface area (Å²) < 4.78 is 52.9. The molecule has 0 atom stereocenters. The topological polar surface area (TPSA) is 131 Å². The number of benzene rings is 2. The molecule has 3 heterocycles. The maximum Gasteiger partial charge on any atom is 0.421 e. The Morgan fingerprint density at radius 2 is 1.75 bits per heavy atom. The van der Waals surface area contributed by atoms with Gasteiger partial charge in [-0.3, -0.25) is 14.3 Å². The standard InChI is InChI=1S/C26H28F3N6O4P/c1-34-14-19-17(13-35-10-2-3-11-35)6-9-21(22(19)24(34)36)32-23-20(26(27,28)29)12-30-25(33-23)31-18-7-4-16(5-8-18)15-40(37,38)39/h4-9,12H,2-3,10-11,13-15H2,1H3,(H2,37,38,39)(H2,30,31,32,33). The molecule has 0 unspecified atom stereocenters. The van der Waals surface area contributed by atoms with Crippen LogP contribution < -0.4 is 10.6 Å². The molecule has 2 aromatic carbocycles. The fourth-order valence-corrected chi connectivity index (χ4v) is 5.67. The summed E-state index contributed by atoms with van der Waals surface area (Å²) in [7, 11) is -2.59. The molecule has 0 radical (unpaired) electrons. The minimum absolute atomic E-state index is 0.135. The number of hydrogen-bond acceptors (Lipinski definition) is 7. The third kappa shape index (κ3) is 6.28. The smallest absolute Gasteiger partial charge is 0.339 e. The number of halogens is 3. The normalized spacial score (nSPS) is 15.9. The molecule has 2 aliphatic heterocycles. The van der Waals surface area contributed by atoms with Crippen molar-refractivity contribution in [3.05, 3.63) is 70.4 Å². The first-order chi connectivity index (χ1) is 18.9. The van der Waals surface area contributed by atoms with Gasteiger partial charge in [-0.25, -0.2) is 4.98 Å². The lowest BCUT2D eigenvalue weighted by atomic mass is 10.0. The van der Waals surface area contributed by atoms with Gasteiger partial charge in [0.1, 0.15) is 11.4 Å². The molecule has 1 fully saturated rings. The van der Waals surface area contributed by atoms with Crippen molar-refractivity contribution in [3.8, 4) is 0 Å². The first-order valence-electron chi connectivity index (χ1n) is 12.6. The number of rotatable bonds is 8. The van der Waals surface area contributed by atoms with E-state index < -0.39 is 31.3 Å². The van der Waals surface area contributed by atoms with Crippen molar-refractivity contribution in [2.24, 2.45) is 0 Å². The van der Waals surface area contributed by atoms with Crippen LogP contribution in [0.4, 0.5) is 36.3 Å². The van der Waals surface area contributed by atoms with Crippen molar-refractivity contribution in [3.63, 3.8) is 0 Å². The van der Waals surface area contributed by atoms with Gasteiger partial charge in [-0.1, -0.05) is 18.2 Å². The molecule has 0 aliphatic carbocycles. The summed E-state index contributed by atoms with van der Waals surface area (Å²) in [5, 5.41) is 5.57. The quantitative estimate of drug-likeness (QED) is 0.278. The molecule has 10 nitrogen and oxygen atoms in total. The Bertz CT molecular complexity index is 1470. The summed E-state index contributed by atoms with van der Waals surface area (Å²) in [5.74, 6) is -0.930. The van der Waals surface area contributed by atoms with Crippen molar-refractivity contribution in [1.82, 2.24) is 19.8 Å². The van der Waals surface area contributed by atoms with Crippen LogP contribution in [0, 0.1) is 0 Å². The number of aromatic nitrogens is 2. The zero-order chi connectivity index (χ0) is 28.7. The SMILES string of the molecule is CN1Cc2c(CN3CCCC3)ccc(Nc3nc(Nc4ccc(CP(=O)(O)O)cc4)ncc3C(F)(F)F)c2C1=O. The number of carbonyl (C=O) groups excluding carboxylic acids is 1. The van der Waals surface area contributed by atoms with Crippen molar-refractivity contribution < 1.29 is 32.3 Å². The zero-order valence-corrected chi connectivity index (χ0v) is 22.5. The molecule has 0 saturated carbocycles. The van der Waals surface area contributed by atoms with E-state index in [0.29, 0.717) is 36.1 Å². The Balaban J connectivity index is 1.45. The van der Waals surface area contributed by atoms with Gasteiger partial charge in [0, 0.05) is 32.0 Å². The number of alkyl halides is 3. The number of hydrogen-bond donors (Lipinski definition) is 4. The molecule has 2 aliphatic rings. The van der Waals surface area contributed by atoms with E-state index in [1.807, 2.05) is 6.07 Å². The van der Waals surface area contributed by atoms with Crippen LogP contribution in [0.1, 0.15) is 45.5 Å². The first-order valence-corrected chi connectivity index (χ1v) is 14.4. The van der Waals surface area contributed by atoms with E-state index in [1.165, 1.54) is 29.2 Å². The Hall–Kier alpha value is -3.51. The molecule has 0 bridgehead atoms. The van der Waals surface area contributed by atoms with Gasteiger partial charge in [-0.15, -0.1) is 0 Å². The van der Waals surface area contributed by atoms with Gasteiger partial charge in [-0.05, 0) is 60.8 Å². The molecule has 1 saturated heterocycles. The third-order valence-electron chi connectivity index (χ3n) is 6.90. The lowest BCUT2D eigenvalue weighted by molar-refractivity contribution is -0.137. The van der Waals surface area contributed by atoms with Crippen LogP contribution in [0.3, 0.4) is 0 Å². The average Bonchev–Trinajstić information content (AvgIpc) is 3.48. The number of anilines is 4. The second-order valence-corrected chi connectivity index (χ2v) is 11.6. The number of likely N-dealkylation sites (tertiary alicyclic amines) is 1. The molecule has 212 valence electrons. The maximum absolute atomic E-state index is 13.9. The van der Waals surface area contributed by atoms with Gasteiger partial charge in [0.15, 0.2) is 0 Å². The molecule has 3 aromatic rings. The van der Waals surface area contributed by atoms with Crippen LogP contribution in [0.15, 0.2) is 42.6 Å². The van der Waals surface area contributed by atoms with Crippen LogP contribution in [0.5, 0.6) is 0 Å². The highest BCUT2D eigenvalue weighted by Crippen LogP contribution is 2.40. The number of amides is 1. The highest BCUT2D eigenvalue weighted by Gasteiger charge is 2.37. The van der Waals surface area contributed by atoms with Crippen molar-refractivity contribution in [2.45, 2.75) is 38.3 Å². The lowest BCUT2D eigenvalue weighted by Crippen LogP contribution is -2.19. The van der Waals surface area contributed by atoms with E-state index in [9.17, 15) is 22.5 Å². The van der Waals surface area contributed by atoms with Gasteiger partial charge < -0.3 is 25.3 Å².